The number of hydrogen-bond donors (Lipinski definition) is 1. The van der Waals surface area contributed by atoms with Crippen LogP contribution in [0.25, 0.3) is 0 Å². The van der Waals surface area contributed by atoms with Crippen LogP contribution in [0.2, 0.25) is 0 Å². The molecule has 3 fully saturated rings. The molecule has 2 saturated carbocycles. The van der Waals surface area contributed by atoms with Gasteiger partial charge in [-0.3, -0.25) is 0 Å². The average molecular weight is 371 g/mol. The normalized spacial score (nSPS) is 31.5. The third-order valence-electron chi connectivity index (χ3n) is 5.72. The van der Waals surface area contributed by atoms with Gasteiger partial charge >= 0.3 is 7.75 Å². The van der Waals surface area contributed by atoms with Crippen LogP contribution in [-0.4, -0.2) is 18.8 Å². The van der Waals surface area contributed by atoms with Crippen LogP contribution in [0.15, 0.2) is 60.7 Å². The molecule has 2 aromatic rings. The Balaban J connectivity index is 1.30. The zero-order valence-electron chi connectivity index (χ0n) is 14.4. The highest BCUT2D eigenvalue weighted by Gasteiger charge is 2.63. The molecule has 1 heterocycles. The first-order chi connectivity index (χ1) is 12.7. The van der Waals surface area contributed by atoms with Gasteiger partial charge in [0.25, 0.3) is 0 Å². The summed E-state index contributed by atoms with van der Waals surface area (Å²) in [5.41, 5.74) is 0. The lowest BCUT2D eigenvalue weighted by Crippen LogP contribution is -2.30. The smallest absolute Gasteiger partial charge is 0.405 e. The molecule has 3 aliphatic rings. The van der Waals surface area contributed by atoms with Crippen LogP contribution in [0.1, 0.15) is 12.8 Å². The van der Waals surface area contributed by atoms with Crippen molar-refractivity contribution in [1.29, 1.82) is 0 Å². The molecule has 5 rings (SSSR count). The maximum atomic E-state index is 13.4. The van der Waals surface area contributed by atoms with Gasteiger partial charge in [0.2, 0.25) is 0 Å². The van der Waals surface area contributed by atoms with E-state index >= 15 is 0 Å². The first kappa shape index (κ1) is 16.4. The van der Waals surface area contributed by atoms with Crippen LogP contribution in [-0.2, 0) is 9.30 Å². The SMILES string of the molecule is O=P(NC[C@@H]1C[C@@H]2C[C@H]1[C@H]1O[C@@H]21)(Oc1ccccc1)Oc1ccccc1. The summed E-state index contributed by atoms with van der Waals surface area (Å²) in [4.78, 5) is 0. The van der Waals surface area contributed by atoms with E-state index in [0.717, 1.165) is 6.42 Å². The molecule has 5 atom stereocenters. The van der Waals surface area contributed by atoms with E-state index in [9.17, 15) is 4.57 Å². The summed E-state index contributed by atoms with van der Waals surface area (Å²) < 4.78 is 30.7. The van der Waals surface area contributed by atoms with Crippen molar-refractivity contribution >= 4 is 7.75 Å². The summed E-state index contributed by atoms with van der Waals surface area (Å²) in [7, 11) is -3.53. The second-order valence-corrected chi connectivity index (χ2v) is 9.07. The highest BCUT2D eigenvalue weighted by molar-refractivity contribution is 7.52. The number of epoxide rings is 1. The number of hydrogen-bond acceptors (Lipinski definition) is 4. The van der Waals surface area contributed by atoms with Crippen LogP contribution in [0.4, 0.5) is 0 Å². The third-order valence-corrected chi connectivity index (χ3v) is 7.19. The molecule has 2 aromatic carbocycles. The van der Waals surface area contributed by atoms with Gasteiger partial charge in [0.05, 0.1) is 12.2 Å². The van der Waals surface area contributed by atoms with E-state index in [1.54, 1.807) is 24.3 Å². The van der Waals surface area contributed by atoms with E-state index in [-0.39, 0.29) is 0 Å². The van der Waals surface area contributed by atoms with E-state index in [1.807, 2.05) is 36.4 Å². The number of fused-ring (bicyclic) bond motifs is 5. The molecule has 2 bridgehead atoms. The Hall–Kier alpha value is -1.81. The molecule has 2 aliphatic carbocycles. The number of rotatable bonds is 7. The molecule has 0 spiro atoms. The van der Waals surface area contributed by atoms with Gasteiger partial charge in [-0.15, -0.1) is 0 Å². The van der Waals surface area contributed by atoms with Crippen molar-refractivity contribution in [1.82, 2.24) is 5.09 Å². The van der Waals surface area contributed by atoms with Crippen molar-refractivity contribution < 1.29 is 18.3 Å². The second kappa shape index (κ2) is 6.41. The topological polar surface area (TPSA) is 60.1 Å². The monoisotopic (exact) mass is 371 g/mol. The minimum atomic E-state index is -3.53. The van der Waals surface area contributed by atoms with Crippen molar-refractivity contribution in [3.63, 3.8) is 0 Å². The van der Waals surface area contributed by atoms with E-state index in [0.29, 0.717) is 48.0 Å². The largest absolute Gasteiger partial charge is 0.512 e. The Morgan fingerprint density at radius 1 is 0.923 bits per heavy atom. The standard InChI is InChI=1S/C20H22NO4P/c22-26(24-16-7-3-1-4-8-16,25-17-9-5-2-6-10-17)21-13-15-11-14-12-18(15)20-19(14)23-20/h1-10,14-15,18-20H,11-13H2,(H,21,22)/t14-,15+,18-,19+,20-/m1/s1. The Morgan fingerprint density at radius 3 is 2.08 bits per heavy atom. The Bertz CT molecular complexity index is 770. The van der Waals surface area contributed by atoms with E-state index in [2.05, 4.69) is 5.09 Å². The minimum Gasteiger partial charge on any atom is -0.405 e. The lowest BCUT2D eigenvalue weighted by Gasteiger charge is -2.24. The summed E-state index contributed by atoms with van der Waals surface area (Å²) in [5, 5.41) is 3.11. The van der Waals surface area contributed by atoms with Gasteiger partial charge in [-0.2, -0.15) is 0 Å². The molecule has 0 unspecified atom stereocenters. The van der Waals surface area contributed by atoms with Gasteiger partial charge in [0, 0.05) is 6.54 Å². The molecule has 0 radical (unpaired) electrons. The molecule has 1 aliphatic heterocycles. The minimum absolute atomic E-state index is 0.435. The van der Waals surface area contributed by atoms with Crippen LogP contribution >= 0.6 is 7.75 Å². The average Bonchev–Trinajstić information content (AvgIpc) is 3.26. The van der Waals surface area contributed by atoms with E-state index < -0.39 is 7.75 Å². The van der Waals surface area contributed by atoms with E-state index in [1.165, 1.54) is 6.42 Å². The van der Waals surface area contributed by atoms with Gasteiger partial charge in [0.15, 0.2) is 0 Å². The zero-order chi connectivity index (χ0) is 17.6. The number of nitrogens with one attached hydrogen (secondary N) is 1. The fraction of sp³-hybridized carbons (Fsp3) is 0.400. The lowest BCUT2D eigenvalue weighted by atomic mass is 9.89. The van der Waals surface area contributed by atoms with Crippen molar-refractivity contribution in [3.8, 4) is 11.5 Å². The molecular formula is C20H22NO4P. The molecule has 0 amide bonds. The van der Waals surface area contributed by atoms with Crippen LogP contribution in [0, 0.1) is 17.8 Å². The van der Waals surface area contributed by atoms with Crippen molar-refractivity contribution in [2.45, 2.75) is 25.0 Å². The molecule has 1 N–H and O–H groups in total. The van der Waals surface area contributed by atoms with Crippen LogP contribution < -0.4 is 14.1 Å². The van der Waals surface area contributed by atoms with Crippen molar-refractivity contribution in [2.75, 3.05) is 6.54 Å². The Labute approximate surface area is 153 Å². The zero-order valence-corrected chi connectivity index (χ0v) is 15.3. The second-order valence-electron chi connectivity index (χ2n) is 7.39. The molecule has 6 heteroatoms. The van der Waals surface area contributed by atoms with Gasteiger partial charge in [-0.05, 0) is 54.9 Å². The maximum Gasteiger partial charge on any atom is 0.512 e. The van der Waals surface area contributed by atoms with E-state index in [4.69, 9.17) is 13.8 Å². The van der Waals surface area contributed by atoms with Gasteiger partial charge in [0.1, 0.15) is 11.5 Å². The summed E-state index contributed by atoms with van der Waals surface area (Å²) in [5.74, 6) is 2.78. The van der Waals surface area contributed by atoms with Gasteiger partial charge in [-0.1, -0.05) is 36.4 Å². The Morgan fingerprint density at radius 2 is 1.54 bits per heavy atom. The molecule has 1 saturated heterocycles. The molecule has 5 nitrogen and oxygen atoms in total. The van der Waals surface area contributed by atoms with Crippen molar-refractivity contribution in [2.24, 2.45) is 17.8 Å². The number of benzene rings is 2. The first-order valence-electron chi connectivity index (χ1n) is 9.20. The maximum absolute atomic E-state index is 13.4. The predicted octanol–water partition coefficient (Wildman–Crippen LogP) is 4.27. The van der Waals surface area contributed by atoms with Crippen LogP contribution in [0.3, 0.4) is 0 Å². The highest BCUT2D eigenvalue weighted by Crippen LogP contribution is 2.59. The Kier molecular flexibility index (Phi) is 4.04. The summed E-state index contributed by atoms with van der Waals surface area (Å²) in [6.45, 7) is 0.616. The summed E-state index contributed by atoms with van der Waals surface area (Å²) in [6, 6.07) is 18.3. The lowest BCUT2D eigenvalue weighted by molar-refractivity contribution is 0.249. The summed E-state index contributed by atoms with van der Waals surface area (Å²) in [6.07, 6.45) is 3.31. The fourth-order valence-corrected chi connectivity index (χ4v) is 5.94. The molecule has 26 heavy (non-hydrogen) atoms. The third kappa shape index (κ3) is 3.16. The van der Waals surface area contributed by atoms with Gasteiger partial charge in [-0.25, -0.2) is 9.65 Å². The quantitative estimate of drug-likeness (QED) is 0.582. The van der Waals surface area contributed by atoms with Crippen LogP contribution in [0.5, 0.6) is 11.5 Å². The first-order valence-corrected chi connectivity index (χ1v) is 10.7. The van der Waals surface area contributed by atoms with Crippen molar-refractivity contribution in [3.05, 3.63) is 60.7 Å². The summed E-state index contributed by atoms with van der Waals surface area (Å²) >= 11 is 0. The molecule has 136 valence electrons. The number of ether oxygens (including phenoxy) is 1. The number of para-hydroxylation sites is 2. The highest BCUT2D eigenvalue weighted by atomic mass is 31.2. The van der Waals surface area contributed by atoms with Gasteiger partial charge < -0.3 is 13.8 Å². The predicted molar refractivity (Wildman–Crippen MR) is 98.1 cm³/mol. The molecule has 0 aromatic heterocycles. The molecular weight excluding hydrogens is 349 g/mol. The fourth-order valence-electron chi connectivity index (χ4n) is 4.52.